The standard InChI is InChI=1S/C19H22FN3O3.ClH/c1-11(2)17(23-18(24)12-4-6-13(20)7-5-12)19(25)22-14-8-9-16(26-3)15(21)10-14;/h4-11,17H,21H2,1-3H3,(H,22,25)(H,23,24);1H. The molecule has 0 aromatic heterocycles. The predicted octanol–water partition coefficient (Wildman–Crippen LogP) is 3.23. The summed E-state index contributed by atoms with van der Waals surface area (Å²) in [6.07, 6.45) is 0. The molecule has 27 heavy (non-hydrogen) atoms. The van der Waals surface area contributed by atoms with Gasteiger partial charge in [-0.2, -0.15) is 0 Å². The van der Waals surface area contributed by atoms with Crippen LogP contribution in [0, 0.1) is 11.7 Å². The van der Waals surface area contributed by atoms with Crippen molar-refractivity contribution in [3.8, 4) is 5.75 Å². The van der Waals surface area contributed by atoms with Crippen molar-refractivity contribution in [1.29, 1.82) is 0 Å². The zero-order valence-corrected chi connectivity index (χ0v) is 16.1. The van der Waals surface area contributed by atoms with Gasteiger partial charge in [-0.25, -0.2) is 4.39 Å². The van der Waals surface area contributed by atoms with Crippen molar-refractivity contribution < 1.29 is 18.7 Å². The molecule has 1 atom stereocenters. The molecule has 2 aromatic carbocycles. The molecule has 0 saturated carbocycles. The van der Waals surface area contributed by atoms with Crippen LogP contribution in [0.3, 0.4) is 0 Å². The van der Waals surface area contributed by atoms with E-state index in [0.717, 1.165) is 0 Å². The second-order valence-electron chi connectivity index (χ2n) is 6.15. The van der Waals surface area contributed by atoms with E-state index in [4.69, 9.17) is 10.5 Å². The van der Waals surface area contributed by atoms with Crippen LogP contribution in [0.1, 0.15) is 24.2 Å². The van der Waals surface area contributed by atoms with E-state index in [9.17, 15) is 14.0 Å². The van der Waals surface area contributed by atoms with Gasteiger partial charge in [0.2, 0.25) is 5.91 Å². The van der Waals surface area contributed by atoms with Crippen LogP contribution in [0.2, 0.25) is 0 Å². The van der Waals surface area contributed by atoms with E-state index in [-0.39, 0.29) is 29.8 Å². The number of nitrogens with one attached hydrogen (secondary N) is 2. The second kappa shape index (κ2) is 9.78. The zero-order valence-electron chi connectivity index (χ0n) is 15.3. The summed E-state index contributed by atoms with van der Waals surface area (Å²) in [5, 5.41) is 5.41. The lowest BCUT2D eigenvalue weighted by molar-refractivity contribution is -0.118. The molecule has 1 unspecified atom stereocenters. The Morgan fingerprint density at radius 1 is 1.11 bits per heavy atom. The van der Waals surface area contributed by atoms with Crippen molar-refractivity contribution in [3.63, 3.8) is 0 Å². The molecule has 2 amide bonds. The van der Waals surface area contributed by atoms with Crippen LogP contribution in [0.5, 0.6) is 5.75 Å². The second-order valence-corrected chi connectivity index (χ2v) is 6.15. The summed E-state index contributed by atoms with van der Waals surface area (Å²) >= 11 is 0. The molecule has 8 heteroatoms. The van der Waals surface area contributed by atoms with Gasteiger partial charge in [0.1, 0.15) is 17.6 Å². The number of benzene rings is 2. The minimum absolute atomic E-state index is 0. The van der Waals surface area contributed by atoms with Crippen molar-refractivity contribution in [3.05, 3.63) is 53.8 Å². The lowest BCUT2D eigenvalue weighted by Gasteiger charge is -2.22. The van der Waals surface area contributed by atoms with Crippen molar-refractivity contribution in [2.24, 2.45) is 5.92 Å². The van der Waals surface area contributed by atoms with Gasteiger partial charge in [0.15, 0.2) is 0 Å². The molecule has 2 rings (SSSR count). The number of carbonyl (C=O) groups excluding carboxylic acids is 2. The minimum Gasteiger partial charge on any atom is -0.495 e. The third-order valence-corrected chi connectivity index (χ3v) is 3.84. The lowest BCUT2D eigenvalue weighted by Crippen LogP contribution is -2.47. The van der Waals surface area contributed by atoms with Crippen LogP contribution >= 0.6 is 12.4 Å². The van der Waals surface area contributed by atoms with Crippen molar-refractivity contribution >= 4 is 35.6 Å². The van der Waals surface area contributed by atoms with E-state index in [1.54, 1.807) is 18.2 Å². The Morgan fingerprint density at radius 3 is 2.26 bits per heavy atom. The molecule has 0 aliphatic heterocycles. The number of ether oxygens (including phenoxy) is 1. The van der Waals surface area contributed by atoms with Crippen LogP contribution in [0.4, 0.5) is 15.8 Å². The highest BCUT2D eigenvalue weighted by Crippen LogP contribution is 2.24. The summed E-state index contributed by atoms with van der Waals surface area (Å²) in [7, 11) is 1.50. The van der Waals surface area contributed by atoms with E-state index in [1.807, 2.05) is 13.8 Å². The minimum atomic E-state index is -0.768. The Balaban J connectivity index is 0.00000364. The molecular weight excluding hydrogens is 373 g/mol. The Kier molecular flexibility index (Phi) is 8.05. The first-order chi connectivity index (χ1) is 12.3. The quantitative estimate of drug-likeness (QED) is 0.654. The molecule has 6 nitrogen and oxygen atoms in total. The van der Waals surface area contributed by atoms with Crippen LogP contribution in [0.15, 0.2) is 42.5 Å². The van der Waals surface area contributed by atoms with Gasteiger partial charge in [-0.1, -0.05) is 13.8 Å². The monoisotopic (exact) mass is 395 g/mol. The maximum Gasteiger partial charge on any atom is 0.251 e. The maximum atomic E-state index is 13.0. The van der Waals surface area contributed by atoms with E-state index in [1.165, 1.54) is 31.4 Å². The highest BCUT2D eigenvalue weighted by atomic mass is 35.5. The number of nitrogen functional groups attached to an aromatic ring is 1. The highest BCUT2D eigenvalue weighted by Gasteiger charge is 2.25. The molecular formula is C19H23ClFN3O3. The number of amides is 2. The smallest absolute Gasteiger partial charge is 0.251 e. The number of carbonyl (C=O) groups is 2. The van der Waals surface area contributed by atoms with Gasteiger partial charge in [-0.3, -0.25) is 9.59 Å². The molecule has 0 saturated heterocycles. The van der Waals surface area contributed by atoms with E-state index >= 15 is 0 Å². The largest absolute Gasteiger partial charge is 0.495 e. The zero-order chi connectivity index (χ0) is 19.3. The molecule has 146 valence electrons. The first-order valence-electron chi connectivity index (χ1n) is 8.12. The average Bonchev–Trinajstić information content (AvgIpc) is 2.59. The first-order valence-corrected chi connectivity index (χ1v) is 8.12. The number of hydrogen-bond acceptors (Lipinski definition) is 4. The van der Waals surface area contributed by atoms with Gasteiger partial charge in [0.05, 0.1) is 12.8 Å². The summed E-state index contributed by atoms with van der Waals surface area (Å²) in [4.78, 5) is 24.9. The van der Waals surface area contributed by atoms with Gasteiger partial charge >= 0.3 is 0 Å². The van der Waals surface area contributed by atoms with Gasteiger partial charge in [-0.05, 0) is 48.4 Å². The number of halogens is 2. The molecule has 0 bridgehead atoms. The normalized spacial score (nSPS) is 11.3. The molecule has 4 N–H and O–H groups in total. The SMILES string of the molecule is COc1ccc(NC(=O)C(NC(=O)c2ccc(F)cc2)C(C)C)cc1N.Cl. The van der Waals surface area contributed by atoms with Gasteiger partial charge < -0.3 is 21.1 Å². The van der Waals surface area contributed by atoms with Crippen molar-refractivity contribution in [2.75, 3.05) is 18.2 Å². The number of methoxy groups -OCH3 is 1. The Hall–Kier alpha value is -2.80. The summed E-state index contributed by atoms with van der Waals surface area (Å²) in [6, 6.07) is 9.23. The van der Waals surface area contributed by atoms with E-state index < -0.39 is 17.8 Å². The van der Waals surface area contributed by atoms with Crippen molar-refractivity contribution in [2.45, 2.75) is 19.9 Å². The van der Waals surface area contributed by atoms with Crippen LogP contribution in [-0.4, -0.2) is 25.0 Å². The molecule has 0 aliphatic carbocycles. The summed E-state index contributed by atoms with van der Waals surface area (Å²) < 4.78 is 18.1. The number of rotatable bonds is 6. The third-order valence-electron chi connectivity index (χ3n) is 3.84. The summed E-state index contributed by atoms with van der Waals surface area (Å²) in [5.41, 5.74) is 7.00. The molecule has 0 radical (unpaired) electrons. The summed E-state index contributed by atoms with van der Waals surface area (Å²) in [6.45, 7) is 3.63. The topological polar surface area (TPSA) is 93.5 Å². The molecule has 0 spiro atoms. The molecule has 0 fully saturated rings. The number of hydrogen-bond donors (Lipinski definition) is 3. The first kappa shape index (κ1) is 22.2. The number of nitrogens with two attached hydrogens (primary N) is 1. The average molecular weight is 396 g/mol. The fourth-order valence-electron chi connectivity index (χ4n) is 2.39. The van der Waals surface area contributed by atoms with E-state index in [2.05, 4.69) is 10.6 Å². The van der Waals surface area contributed by atoms with Crippen molar-refractivity contribution in [1.82, 2.24) is 5.32 Å². The van der Waals surface area contributed by atoms with Gasteiger partial charge in [0.25, 0.3) is 5.91 Å². The highest BCUT2D eigenvalue weighted by molar-refractivity contribution is 6.01. The predicted molar refractivity (Wildman–Crippen MR) is 106 cm³/mol. The molecule has 0 aliphatic rings. The van der Waals surface area contributed by atoms with Gasteiger partial charge in [0, 0.05) is 11.3 Å². The Labute approximate surface area is 163 Å². The van der Waals surface area contributed by atoms with Crippen LogP contribution in [-0.2, 0) is 4.79 Å². The summed E-state index contributed by atoms with van der Waals surface area (Å²) in [5.74, 6) is -0.909. The fourth-order valence-corrected chi connectivity index (χ4v) is 2.39. The third kappa shape index (κ3) is 5.86. The van der Waals surface area contributed by atoms with E-state index in [0.29, 0.717) is 17.1 Å². The Bertz CT molecular complexity index is 797. The molecule has 0 heterocycles. The lowest BCUT2D eigenvalue weighted by atomic mass is 10.0. The van der Waals surface area contributed by atoms with Crippen LogP contribution < -0.4 is 21.1 Å². The van der Waals surface area contributed by atoms with Gasteiger partial charge in [-0.15, -0.1) is 12.4 Å². The fraction of sp³-hybridized carbons (Fsp3) is 0.263. The Morgan fingerprint density at radius 2 is 1.74 bits per heavy atom. The van der Waals surface area contributed by atoms with Crippen LogP contribution in [0.25, 0.3) is 0 Å². The molecule has 2 aromatic rings. The maximum absolute atomic E-state index is 13.0. The number of anilines is 2.